The molecule has 0 unspecified atom stereocenters. The van der Waals surface area contributed by atoms with Crippen molar-refractivity contribution in [2.75, 3.05) is 0 Å². The predicted octanol–water partition coefficient (Wildman–Crippen LogP) is 10.7. The molecule has 0 radical (unpaired) electrons. The van der Waals surface area contributed by atoms with E-state index in [2.05, 4.69) is 132 Å². The van der Waals surface area contributed by atoms with Crippen molar-refractivity contribution in [3.05, 3.63) is 159 Å². The van der Waals surface area contributed by atoms with Gasteiger partial charge in [0, 0.05) is 92.6 Å². The van der Waals surface area contributed by atoms with Crippen LogP contribution in [0.15, 0.2) is 163 Å². The molecule has 0 bridgehead atoms. The Morgan fingerprint density at radius 3 is 1.55 bits per heavy atom. The molecule has 238 valence electrons. The molecule has 0 spiro atoms. The quantitative estimate of drug-likeness (QED) is 0.189. The molecule has 0 amide bonds. The van der Waals surface area contributed by atoms with Gasteiger partial charge in [-0.25, -0.2) is 0 Å². The highest BCUT2D eigenvalue weighted by atomic mass is 16.3. The molecule has 51 heavy (non-hydrogen) atoms. The number of fused-ring (bicyclic) bond motifs is 9. The molecule has 0 fully saturated rings. The third-order valence-corrected chi connectivity index (χ3v) is 10.1. The van der Waals surface area contributed by atoms with Crippen LogP contribution in [0.5, 0.6) is 0 Å². The summed E-state index contributed by atoms with van der Waals surface area (Å²) < 4.78 is 11.0. The topological polar surface area (TPSA) is 74.6 Å². The first kappa shape index (κ1) is 27.8. The molecule has 7 heteroatoms. The number of hydrogen-bond donors (Lipinski definition) is 0. The molecule has 0 atom stereocenters. The number of hydrogen-bond acceptors (Lipinski definition) is 5. The SMILES string of the molecule is c1ccc(-c2ccccc2-c2ccc3c(c2)c2cnccc2n3-c2ccc3oc4ccc(-n5c6ccncc6c6cnccc65)cc4c3c2)nc1. The summed E-state index contributed by atoms with van der Waals surface area (Å²) in [6, 6.07) is 40.3. The van der Waals surface area contributed by atoms with E-state index in [4.69, 9.17) is 4.42 Å². The van der Waals surface area contributed by atoms with Crippen LogP contribution in [0.4, 0.5) is 0 Å². The van der Waals surface area contributed by atoms with Gasteiger partial charge in [0.1, 0.15) is 11.2 Å². The Labute approximate surface area is 290 Å². The fraction of sp³-hybridized carbons (Fsp3) is 0. The molecule has 0 aliphatic carbocycles. The predicted molar refractivity (Wildman–Crippen MR) is 204 cm³/mol. The van der Waals surface area contributed by atoms with E-state index in [1.54, 1.807) is 0 Å². The molecule has 4 aromatic carbocycles. The van der Waals surface area contributed by atoms with Crippen LogP contribution in [-0.4, -0.2) is 29.1 Å². The molecule has 0 saturated heterocycles. The van der Waals surface area contributed by atoms with Gasteiger partial charge in [-0.1, -0.05) is 36.4 Å². The Balaban J connectivity index is 1.10. The third kappa shape index (κ3) is 4.12. The van der Waals surface area contributed by atoms with Crippen LogP contribution in [0.2, 0.25) is 0 Å². The first-order valence-corrected chi connectivity index (χ1v) is 16.8. The lowest BCUT2D eigenvalue weighted by Gasteiger charge is -2.11. The van der Waals surface area contributed by atoms with Crippen molar-refractivity contribution in [1.29, 1.82) is 0 Å². The third-order valence-electron chi connectivity index (χ3n) is 10.1. The van der Waals surface area contributed by atoms with Gasteiger partial charge in [0.25, 0.3) is 0 Å². The van der Waals surface area contributed by atoms with Crippen molar-refractivity contribution < 1.29 is 4.42 Å². The van der Waals surface area contributed by atoms with E-state index in [1.807, 2.05) is 55.5 Å². The summed E-state index contributed by atoms with van der Waals surface area (Å²) >= 11 is 0. The highest BCUT2D eigenvalue weighted by Gasteiger charge is 2.18. The molecule has 0 aliphatic rings. The average Bonchev–Trinajstić information content (AvgIpc) is 3.85. The van der Waals surface area contributed by atoms with Crippen molar-refractivity contribution in [2.45, 2.75) is 0 Å². The fourth-order valence-electron chi connectivity index (χ4n) is 7.81. The molecule has 0 saturated carbocycles. The lowest BCUT2D eigenvalue weighted by atomic mass is 9.96. The maximum atomic E-state index is 6.41. The van der Waals surface area contributed by atoms with Gasteiger partial charge in [-0.15, -0.1) is 0 Å². The van der Waals surface area contributed by atoms with Crippen LogP contribution in [0, 0.1) is 0 Å². The van der Waals surface area contributed by atoms with Crippen LogP contribution >= 0.6 is 0 Å². The lowest BCUT2D eigenvalue weighted by molar-refractivity contribution is 0.669. The number of rotatable bonds is 4. The molecule has 0 N–H and O–H groups in total. The van der Waals surface area contributed by atoms with E-state index >= 15 is 0 Å². The van der Waals surface area contributed by atoms with E-state index in [0.29, 0.717) is 0 Å². The second kappa shape index (κ2) is 10.7. The Hall–Kier alpha value is -7.12. The minimum atomic E-state index is 0.845. The lowest BCUT2D eigenvalue weighted by Crippen LogP contribution is -1.94. The van der Waals surface area contributed by atoms with Gasteiger partial charge < -0.3 is 13.6 Å². The summed E-state index contributed by atoms with van der Waals surface area (Å²) in [5, 5.41) is 6.49. The molecule has 7 heterocycles. The summed E-state index contributed by atoms with van der Waals surface area (Å²) in [6.45, 7) is 0. The van der Waals surface area contributed by atoms with Gasteiger partial charge in [-0.3, -0.25) is 19.9 Å². The Morgan fingerprint density at radius 1 is 0.412 bits per heavy atom. The fourth-order valence-corrected chi connectivity index (χ4v) is 7.81. The molecule has 7 aromatic heterocycles. The Kier molecular flexibility index (Phi) is 5.83. The summed E-state index contributed by atoms with van der Waals surface area (Å²) in [5.74, 6) is 0. The van der Waals surface area contributed by atoms with Crippen molar-refractivity contribution in [2.24, 2.45) is 0 Å². The zero-order valence-corrected chi connectivity index (χ0v) is 27.1. The Morgan fingerprint density at radius 2 is 0.961 bits per heavy atom. The zero-order valence-electron chi connectivity index (χ0n) is 27.1. The van der Waals surface area contributed by atoms with E-state index in [-0.39, 0.29) is 0 Å². The second-order valence-corrected chi connectivity index (χ2v) is 12.8. The van der Waals surface area contributed by atoms with Crippen molar-refractivity contribution >= 4 is 65.6 Å². The number of furan rings is 1. The van der Waals surface area contributed by atoms with Gasteiger partial charge in [-0.05, 0) is 90.0 Å². The van der Waals surface area contributed by atoms with Crippen molar-refractivity contribution in [3.8, 4) is 33.8 Å². The molecule has 11 aromatic rings. The monoisotopic (exact) mass is 654 g/mol. The van der Waals surface area contributed by atoms with Crippen molar-refractivity contribution in [1.82, 2.24) is 29.1 Å². The second-order valence-electron chi connectivity index (χ2n) is 12.8. The first-order chi connectivity index (χ1) is 25.3. The molecule has 0 aliphatic heterocycles. The van der Waals surface area contributed by atoms with Gasteiger partial charge in [-0.2, -0.15) is 0 Å². The molecular weight excluding hydrogens is 629 g/mol. The first-order valence-electron chi connectivity index (χ1n) is 16.8. The van der Waals surface area contributed by atoms with Gasteiger partial charge in [0.15, 0.2) is 0 Å². The Bertz CT molecular complexity index is 3100. The van der Waals surface area contributed by atoms with Gasteiger partial charge in [0.2, 0.25) is 0 Å². The summed E-state index contributed by atoms with van der Waals surface area (Å²) in [7, 11) is 0. The largest absolute Gasteiger partial charge is 0.456 e. The maximum Gasteiger partial charge on any atom is 0.135 e. The van der Waals surface area contributed by atoms with Crippen LogP contribution in [0.3, 0.4) is 0 Å². The van der Waals surface area contributed by atoms with Crippen LogP contribution in [0.25, 0.3) is 99.3 Å². The number of benzene rings is 4. The van der Waals surface area contributed by atoms with Crippen molar-refractivity contribution in [3.63, 3.8) is 0 Å². The normalized spacial score (nSPS) is 11.9. The smallest absolute Gasteiger partial charge is 0.135 e. The van der Waals surface area contributed by atoms with E-state index in [0.717, 1.165) is 99.3 Å². The summed E-state index contributed by atoms with van der Waals surface area (Å²) in [6.07, 6.45) is 13.2. The number of nitrogens with zero attached hydrogens (tertiary/aromatic N) is 6. The van der Waals surface area contributed by atoms with Crippen LogP contribution < -0.4 is 0 Å². The number of pyridine rings is 4. The van der Waals surface area contributed by atoms with E-state index in [9.17, 15) is 0 Å². The summed E-state index contributed by atoms with van der Waals surface area (Å²) in [4.78, 5) is 18.0. The minimum Gasteiger partial charge on any atom is -0.456 e. The minimum absolute atomic E-state index is 0.845. The van der Waals surface area contributed by atoms with Gasteiger partial charge >= 0.3 is 0 Å². The highest BCUT2D eigenvalue weighted by molar-refractivity contribution is 6.12. The average molecular weight is 655 g/mol. The maximum absolute atomic E-state index is 6.41. The van der Waals surface area contributed by atoms with Crippen LogP contribution in [0.1, 0.15) is 0 Å². The number of aromatic nitrogens is 6. The van der Waals surface area contributed by atoms with Gasteiger partial charge in [0.05, 0.1) is 27.8 Å². The highest BCUT2D eigenvalue weighted by Crippen LogP contribution is 2.40. The van der Waals surface area contributed by atoms with E-state index in [1.165, 1.54) is 0 Å². The van der Waals surface area contributed by atoms with E-state index < -0.39 is 0 Å². The molecule has 7 nitrogen and oxygen atoms in total. The standard InChI is InChI=1S/C44H26N6O/c1-2-6-31(38-7-3-4-17-48-38)30(5-1)27-8-11-39-32(21-27)35-24-45-18-14-40(35)49(39)28-9-12-43-33(22-28)34-23-29(10-13-44(34)51-43)50-41-15-19-46-25-36(41)37-26-47-20-16-42(37)50/h1-26H. The summed E-state index contributed by atoms with van der Waals surface area (Å²) in [5.41, 5.74) is 12.5. The van der Waals surface area contributed by atoms with Crippen LogP contribution in [-0.2, 0) is 0 Å². The zero-order chi connectivity index (χ0) is 33.5. The molecular formula is C44H26N6O. The molecule has 11 rings (SSSR count).